The lowest BCUT2D eigenvalue weighted by Crippen LogP contribution is -2.17. The molecule has 6 nitrogen and oxygen atoms in total. The zero-order chi connectivity index (χ0) is 26.5. The van der Waals surface area contributed by atoms with E-state index in [0.29, 0.717) is 36.0 Å². The Hall–Kier alpha value is -3.84. The maximum absolute atomic E-state index is 13.9. The first kappa shape index (κ1) is 26.2. The molecule has 0 atom stereocenters. The number of nitrogens with one attached hydrogen (secondary N) is 1. The second kappa shape index (κ2) is 11.5. The highest BCUT2D eigenvalue weighted by atomic mass is 19.1. The van der Waals surface area contributed by atoms with Crippen molar-refractivity contribution in [1.82, 2.24) is 4.57 Å². The fraction of sp³-hybridized carbons (Fsp3) is 0.300. The van der Waals surface area contributed by atoms with Crippen molar-refractivity contribution in [2.45, 2.75) is 32.6 Å². The largest absolute Gasteiger partial charge is 0.497 e. The quantitative estimate of drug-likeness (QED) is 0.220. The van der Waals surface area contributed by atoms with E-state index < -0.39 is 0 Å². The smallest absolute Gasteiger partial charge is 0.123 e. The molecule has 7 heteroatoms. The monoisotopic (exact) mass is 503 g/mol. The molecule has 37 heavy (non-hydrogen) atoms. The molecule has 0 spiro atoms. The van der Waals surface area contributed by atoms with E-state index in [9.17, 15) is 4.39 Å². The van der Waals surface area contributed by atoms with E-state index in [1.807, 2.05) is 44.2 Å². The van der Waals surface area contributed by atoms with E-state index in [0.717, 1.165) is 46.3 Å². The number of halogens is 1. The van der Waals surface area contributed by atoms with Crippen LogP contribution in [0.25, 0.3) is 27.7 Å². The Bertz CT molecular complexity index is 1370. The molecule has 0 radical (unpaired) electrons. The zero-order valence-corrected chi connectivity index (χ0v) is 21.8. The zero-order valence-electron chi connectivity index (χ0n) is 21.8. The number of anilines is 1. The molecule has 0 saturated carbocycles. The molecule has 0 bridgehead atoms. The number of ether oxygens (including phenoxy) is 3. The molecule has 3 N–H and O–H groups in total. The highest BCUT2D eigenvalue weighted by molar-refractivity contribution is 6.04. The van der Waals surface area contributed by atoms with Gasteiger partial charge in [0.15, 0.2) is 0 Å². The minimum atomic E-state index is -0.292. The molecule has 0 unspecified atom stereocenters. The van der Waals surface area contributed by atoms with Crippen LogP contribution in [0.15, 0.2) is 54.6 Å². The van der Waals surface area contributed by atoms with Crippen LogP contribution < -0.4 is 15.2 Å². The number of nitrogen functional groups attached to an aromatic ring is 1. The highest BCUT2D eigenvalue weighted by Gasteiger charge is 2.29. The van der Waals surface area contributed by atoms with Crippen LogP contribution in [0, 0.1) is 11.2 Å². The molecule has 4 aromatic rings. The Morgan fingerprint density at radius 3 is 2.16 bits per heavy atom. The maximum Gasteiger partial charge on any atom is 0.123 e. The first-order chi connectivity index (χ1) is 18.0. The molecule has 3 aromatic carbocycles. The van der Waals surface area contributed by atoms with Gasteiger partial charge in [-0.2, -0.15) is 0 Å². The van der Waals surface area contributed by atoms with Gasteiger partial charge in [0.25, 0.3) is 0 Å². The molecule has 194 valence electrons. The Morgan fingerprint density at radius 2 is 1.59 bits per heavy atom. The summed E-state index contributed by atoms with van der Waals surface area (Å²) in [6, 6.07) is 16.2. The van der Waals surface area contributed by atoms with Gasteiger partial charge >= 0.3 is 0 Å². The minimum absolute atomic E-state index is 0.207. The molecule has 1 aromatic heterocycles. The van der Waals surface area contributed by atoms with E-state index in [-0.39, 0.29) is 11.7 Å². The normalized spacial score (nSPS) is 13.6. The fourth-order valence-corrected chi connectivity index (χ4v) is 4.99. The average Bonchev–Trinajstić information content (AvgIpc) is 3.28. The molecule has 1 saturated heterocycles. The van der Waals surface area contributed by atoms with Gasteiger partial charge in [-0.15, -0.1) is 0 Å². The maximum atomic E-state index is 13.9. The van der Waals surface area contributed by atoms with Gasteiger partial charge in [0.1, 0.15) is 17.3 Å². The van der Waals surface area contributed by atoms with Gasteiger partial charge in [0.2, 0.25) is 0 Å². The van der Waals surface area contributed by atoms with Crippen molar-refractivity contribution < 1.29 is 18.6 Å². The number of hydrogen-bond acceptors (Lipinski definition) is 5. The number of hydrogen-bond donors (Lipinski definition) is 2. The van der Waals surface area contributed by atoms with Gasteiger partial charge in [-0.05, 0) is 66.9 Å². The molecule has 5 rings (SSSR count). The van der Waals surface area contributed by atoms with Crippen molar-refractivity contribution in [3.63, 3.8) is 0 Å². The van der Waals surface area contributed by atoms with Crippen LogP contribution in [-0.4, -0.2) is 38.2 Å². The van der Waals surface area contributed by atoms with Gasteiger partial charge in [0, 0.05) is 65.0 Å². The van der Waals surface area contributed by atoms with E-state index >= 15 is 0 Å². The number of rotatable bonds is 6. The van der Waals surface area contributed by atoms with Crippen molar-refractivity contribution >= 4 is 22.8 Å². The van der Waals surface area contributed by atoms with Gasteiger partial charge < -0.3 is 29.9 Å². The standard InChI is InChI=1S/C28H28FN3O3.C2H6/c1-33-22-11-18(12-23(14-22)34-2)27-24-15-25(31)19(16-30)13-26(24)32(21-5-3-20(29)4-6-21)28(27)17-7-9-35-10-8-17;1-2/h3-6,11-17,30H,7-10,31H2,1-2H3;1-2H3. The third-order valence-corrected chi connectivity index (χ3v) is 6.70. The first-order valence-electron chi connectivity index (χ1n) is 12.6. The van der Waals surface area contributed by atoms with E-state index in [1.165, 1.54) is 18.3 Å². The molecule has 2 heterocycles. The van der Waals surface area contributed by atoms with Gasteiger partial charge in [0.05, 0.1) is 19.7 Å². The van der Waals surface area contributed by atoms with Crippen LogP contribution in [0.1, 0.15) is 43.9 Å². The third kappa shape index (κ3) is 5.04. The van der Waals surface area contributed by atoms with E-state index in [1.54, 1.807) is 26.4 Å². The number of methoxy groups -OCH3 is 2. The summed E-state index contributed by atoms with van der Waals surface area (Å²) in [5, 5.41) is 8.83. The summed E-state index contributed by atoms with van der Waals surface area (Å²) in [7, 11) is 3.27. The Kier molecular flexibility index (Phi) is 8.14. The van der Waals surface area contributed by atoms with Crippen LogP contribution >= 0.6 is 0 Å². The summed E-state index contributed by atoms with van der Waals surface area (Å²) in [6.45, 7) is 5.34. The predicted molar refractivity (Wildman–Crippen MR) is 148 cm³/mol. The summed E-state index contributed by atoms with van der Waals surface area (Å²) in [4.78, 5) is 0. The lowest BCUT2D eigenvalue weighted by Gasteiger charge is -2.26. The van der Waals surface area contributed by atoms with Gasteiger partial charge in [-0.25, -0.2) is 4.39 Å². The predicted octanol–water partition coefficient (Wildman–Crippen LogP) is 6.95. The summed E-state index contributed by atoms with van der Waals surface area (Å²) >= 11 is 0. The molecule has 1 aliphatic heterocycles. The molecule has 0 aliphatic carbocycles. The summed E-state index contributed by atoms with van der Waals surface area (Å²) < 4.78 is 32.9. The second-order valence-electron chi connectivity index (χ2n) is 8.70. The van der Waals surface area contributed by atoms with Crippen LogP contribution in [-0.2, 0) is 4.74 Å². The van der Waals surface area contributed by atoms with Gasteiger partial charge in [-0.1, -0.05) is 13.8 Å². The summed E-state index contributed by atoms with van der Waals surface area (Å²) in [5.74, 6) is 1.28. The van der Waals surface area contributed by atoms with Gasteiger partial charge in [-0.3, -0.25) is 0 Å². The van der Waals surface area contributed by atoms with E-state index in [2.05, 4.69) is 4.57 Å². The summed E-state index contributed by atoms with van der Waals surface area (Å²) in [5.41, 5.74) is 12.4. The first-order valence-corrected chi connectivity index (χ1v) is 12.6. The highest BCUT2D eigenvalue weighted by Crippen LogP contribution is 2.46. The number of nitrogens with zero attached hydrogens (tertiary/aromatic N) is 1. The number of aromatic nitrogens is 1. The van der Waals surface area contributed by atoms with Crippen LogP contribution in [0.2, 0.25) is 0 Å². The van der Waals surface area contributed by atoms with Crippen LogP contribution in [0.5, 0.6) is 11.5 Å². The average molecular weight is 504 g/mol. The molecular weight excluding hydrogens is 469 g/mol. The molecule has 1 fully saturated rings. The lowest BCUT2D eigenvalue weighted by atomic mass is 9.89. The topological polar surface area (TPSA) is 82.5 Å². The Balaban J connectivity index is 0.00000156. The van der Waals surface area contributed by atoms with Crippen molar-refractivity contribution in [2.24, 2.45) is 0 Å². The number of benzene rings is 3. The van der Waals surface area contributed by atoms with E-state index in [4.69, 9.17) is 25.4 Å². The number of nitrogens with two attached hydrogens (primary N) is 1. The molecule has 0 amide bonds. The molecular formula is C30H34FN3O3. The molecule has 1 aliphatic rings. The van der Waals surface area contributed by atoms with Crippen molar-refractivity contribution in [3.05, 3.63) is 71.7 Å². The minimum Gasteiger partial charge on any atom is -0.497 e. The Morgan fingerprint density at radius 1 is 0.973 bits per heavy atom. The summed E-state index contributed by atoms with van der Waals surface area (Å²) in [6.07, 6.45) is 2.98. The van der Waals surface area contributed by atoms with Crippen LogP contribution in [0.4, 0.5) is 10.1 Å². The second-order valence-corrected chi connectivity index (χ2v) is 8.70. The SMILES string of the molecule is CC.COc1cc(OC)cc(-c2c(C3CCOCC3)n(-c3ccc(F)cc3)c3cc(C=N)c(N)cc23)c1. The fourth-order valence-electron chi connectivity index (χ4n) is 4.99. The lowest BCUT2D eigenvalue weighted by molar-refractivity contribution is 0.0843. The van der Waals surface area contributed by atoms with Crippen LogP contribution in [0.3, 0.4) is 0 Å². The van der Waals surface area contributed by atoms with Crippen molar-refractivity contribution in [3.8, 4) is 28.3 Å². The third-order valence-electron chi connectivity index (χ3n) is 6.70. The van der Waals surface area contributed by atoms with Crippen molar-refractivity contribution in [1.29, 1.82) is 5.41 Å². The van der Waals surface area contributed by atoms with Crippen molar-refractivity contribution in [2.75, 3.05) is 33.2 Å². The number of fused-ring (bicyclic) bond motifs is 1. The Labute approximate surface area is 217 Å².